The van der Waals surface area contributed by atoms with Crippen LogP contribution in [0.5, 0.6) is 11.5 Å². The summed E-state index contributed by atoms with van der Waals surface area (Å²) in [5.74, 6) is 1.77. The van der Waals surface area contributed by atoms with Gasteiger partial charge in [-0.05, 0) is 30.5 Å². The van der Waals surface area contributed by atoms with Crippen LogP contribution in [0.3, 0.4) is 0 Å². The molecule has 0 saturated heterocycles. The molecule has 4 heteroatoms. The molecule has 108 valence electrons. The van der Waals surface area contributed by atoms with Crippen LogP contribution < -0.4 is 14.8 Å². The molecule has 0 aliphatic rings. The standard InChI is InChI=1S/C15H25NO3/c1-5-19-15-8-12(6-7-14(15)18-4)9-16-10-13(17)11(2)3/h6-8,11,13,16-17H,5,9-10H2,1-4H3. The second kappa shape index (κ2) is 8.02. The first-order valence-electron chi connectivity index (χ1n) is 6.77. The fourth-order valence-electron chi connectivity index (χ4n) is 1.70. The topological polar surface area (TPSA) is 50.7 Å². The van der Waals surface area contributed by atoms with E-state index >= 15 is 0 Å². The molecule has 0 heterocycles. The van der Waals surface area contributed by atoms with Gasteiger partial charge in [-0.3, -0.25) is 0 Å². The Bertz CT molecular complexity index is 380. The van der Waals surface area contributed by atoms with Crippen LogP contribution >= 0.6 is 0 Å². The predicted octanol–water partition coefficient (Wildman–Crippen LogP) is 2.20. The number of hydrogen-bond donors (Lipinski definition) is 2. The molecular weight excluding hydrogens is 242 g/mol. The molecule has 0 saturated carbocycles. The van der Waals surface area contributed by atoms with Crippen molar-refractivity contribution in [3.05, 3.63) is 23.8 Å². The van der Waals surface area contributed by atoms with Gasteiger partial charge in [0.05, 0.1) is 19.8 Å². The highest BCUT2D eigenvalue weighted by Gasteiger charge is 2.09. The van der Waals surface area contributed by atoms with Gasteiger partial charge >= 0.3 is 0 Å². The van der Waals surface area contributed by atoms with Crippen molar-refractivity contribution in [1.82, 2.24) is 5.32 Å². The first kappa shape index (κ1) is 15.8. The molecule has 2 N–H and O–H groups in total. The quantitative estimate of drug-likeness (QED) is 0.758. The smallest absolute Gasteiger partial charge is 0.161 e. The average Bonchev–Trinajstić information content (AvgIpc) is 2.39. The first-order valence-corrected chi connectivity index (χ1v) is 6.77. The van der Waals surface area contributed by atoms with Gasteiger partial charge in [0.25, 0.3) is 0 Å². The molecule has 0 radical (unpaired) electrons. The molecule has 19 heavy (non-hydrogen) atoms. The highest BCUT2D eigenvalue weighted by molar-refractivity contribution is 5.42. The average molecular weight is 267 g/mol. The van der Waals surface area contributed by atoms with Crippen LogP contribution in [0.4, 0.5) is 0 Å². The van der Waals surface area contributed by atoms with E-state index in [9.17, 15) is 5.11 Å². The lowest BCUT2D eigenvalue weighted by molar-refractivity contribution is 0.123. The zero-order chi connectivity index (χ0) is 14.3. The molecule has 0 aliphatic heterocycles. The van der Waals surface area contributed by atoms with Crippen molar-refractivity contribution in [3.8, 4) is 11.5 Å². The molecule has 4 nitrogen and oxygen atoms in total. The summed E-state index contributed by atoms with van der Waals surface area (Å²) in [7, 11) is 1.63. The van der Waals surface area contributed by atoms with Gasteiger partial charge in [-0.25, -0.2) is 0 Å². The van der Waals surface area contributed by atoms with Crippen molar-refractivity contribution in [1.29, 1.82) is 0 Å². The highest BCUT2D eigenvalue weighted by Crippen LogP contribution is 2.27. The molecule has 0 aromatic heterocycles. The molecule has 0 spiro atoms. The van der Waals surface area contributed by atoms with Crippen LogP contribution in [0.1, 0.15) is 26.3 Å². The van der Waals surface area contributed by atoms with E-state index in [1.807, 2.05) is 39.0 Å². The highest BCUT2D eigenvalue weighted by atomic mass is 16.5. The minimum Gasteiger partial charge on any atom is -0.493 e. The van der Waals surface area contributed by atoms with Crippen molar-refractivity contribution < 1.29 is 14.6 Å². The third-order valence-electron chi connectivity index (χ3n) is 2.98. The fourth-order valence-corrected chi connectivity index (χ4v) is 1.70. The molecule has 1 aromatic carbocycles. The largest absolute Gasteiger partial charge is 0.493 e. The Morgan fingerprint density at radius 1 is 1.26 bits per heavy atom. The fraction of sp³-hybridized carbons (Fsp3) is 0.600. The minimum absolute atomic E-state index is 0.266. The van der Waals surface area contributed by atoms with Crippen molar-refractivity contribution >= 4 is 0 Å². The summed E-state index contributed by atoms with van der Waals surface area (Å²) in [6.07, 6.45) is -0.315. The van der Waals surface area contributed by atoms with E-state index < -0.39 is 0 Å². The maximum atomic E-state index is 9.72. The summed E-state index contributed by atoms with van der Waals surface area (Å²) in [5.41, 5.74) is 1.11. The number of methoxy groups -OCH3 is 1. The van der Waals surface area contributed by atoms with E-state index in [4.69, 9.17) is 9.47 Å². The lowest BCUT2D eigenvalue weighted by Gasteiger charge is -2.16. The first-order chi connectivity index (χ1) is 9.08. The minimum atomic E-state index is -0.315. The molecule has 1 aromatic rings. The molecule has 0 amide bonds. The van der Waals surface area contributed by atoms with Crippen LogP contribution in [-0.4, -0.2) is 31.5 Å². The van der Waals surface area contributed by atoms with Gasteiger partial charge in [0.2, 0.25) is 0 Å². The van der Waals surface area contributed by atoms with Crippen LogP contribution in [0.2, 0.25) is 0 Å². The maximum Gasteiger partial charge on any atom is 0.161 e. The Morgan fingerprint density at radius 2 is 2.00 bits per heavy atom. The van der Waals surface area contributed by atoms with E-state index in [1.165, 1.54) is 0 Å². The van der Waals surface area contributed by atoms with Crippen molar-refractivity contribution in [2.24, 2.45) is 5.92 Å². The molecule has 0 bridgehead atoms. The Morgan fingerprint density at radius 3 is 2.58 bits per heavy atom. The second-order valence-electron chi connectivity index (χ2n) is 4.86. The van der Waals surface area contributed by atoms with E-state index in [2.05, 4.69) is 5.32 Å². The Labute approximate surface area is 115 Å². The molecule has 0 fully saturated rings. The zero-order valence-electron chi connectivity index (χ0n) is 12.3. The molecule has 1 rings (SSSR count). The number of aliphatic hydroxyl groups excluding tert-OH is 1. The SMILES string of the molecule is CCOc1cc(CNCC(O)C(C)C)ccc1OC. The van der Waals surface area contributed by atoms with Crippen LogP contribution in [0.15, 0.2) is 18.2 Å². The summed E-state index contributed by atoms with van der Waals surface area (Å²) < 4.78 is 10.8. The molecule has 1 unspecified atom stereocenters. The number of benzene rings is 1. The van der Waals surface area contributed by atoms with Gasteiger partial charge in [-0.2, -0.15) is 0 Å². The molecule has 1 atom stereocenters. The molecule has 0 aliphatic carbocycles. The van der Waals surface area contributed by atoms with Gasteiger partial charge in [0, 0.05) is 13.1 Å². The summed E-state index contributed by atoms with van der Waals surface area (Å²) in [5, 5.41) is 13.0. The van der Waals surface area contributed by atoms with Gasteiger partial charge in [-0.15, -0.1) is 0 Å². The third kappa shape index (κ3) is 5.09. The lowest BCUT2D eigenvalue weighted by Crippen LogP contribution is -2.30. The van der Waals surface area contributed by atoms with E-state index in [0.29, 0.717) is 19.7 Å². The number of rotatable bonds is 8. The van der Waals surface area contributed by atoms with Crippen molar-refractivity contribution in [3.63, 3.8) is 0 Å². The maximum absolute atomic E-state index is 9.72. The number of nitrogens with one attached hydrogen (secondary N) is 1. The van der Waals surface area contributed by atoms with Crippen molar-refractivity contribution in [2.75, 3.05) is 20.3 Å². The summed E-state index contributed by atoms with van der Waals surface area (Å²) in [6.45, 7) is 7.87. The monoisotopic (exact) mass is 267 g/mol. The Hall–Kier alpha value is -1.26. The van der Waals surface area contributed by atoms with Crippen LogP contribution in [0.25, 0.3) is 0 Å². The van der Waals surface area contributed by atoms with Gasteiger partial charge < -0.3 is 19.9 Å². The van der Waals surface area contributed by atoms with Crippen LogP contribution in [0, 0.1) is 5.92 Å². The van der Waals surface area contributed by atoms with Gasteiger partial charge in [0.1, 0.15) is 0 Å². The third-order valence-corrected chi connectivity index (χ3v) is 2.98. The lowest BCUT2D eigenvalue weighted by atomic mass is 10.1. The van der Waals surface area contributed by atoms with Crippen molar-refractivity contribution in [2.45, 2.75) is 33.4 Å². The second-order valence-corrected chi connectivity index (χ2v) is 4.86. The van der Waals surface area contributed by atoms with E-state index in [-0.39, 0.29) is 12.0 Å². The summed E-state index contributed by atoms with van der Waals surface area (Å²) in [6, 6.07) is 5.87. The van der Waals surface area contributed by atoms with Crippen LogP contribution in [-0.2, 0) is 6.54 Å². The number of aliphatic hydroxyl groups is 1. The summed E-state index contributed by atoms with van der Waals surface area (Å²) in [4.78, 5) is 0. The number of hydrogen-bond acceptors (Lipinski definition) is 4. The summed E-state index contributed by atoms with van der Waals surface area (Å²) >= 11 is 0. The molecular formula is C15H25NO3. The van der Waals surface area contributed by atoms with E-state index in [0.717, 1.165) is 17.1 Å². The van der Waals surface area contributed by atoms with Gasteiger partial charge in [0.15, 0.2) is 11.5 Å². The number of ether oxygens (including phenoxy) is 2. The Kier molecular flexibility index (Phi) is 6.67. The zero-order valence-corrected chi connectivity index (χ0v) is 12.3. The predicted molar refractivity (Wildman–Crippen MR) is 76.7 cm³/mol. The Balaban J connectivity index is 2.56. The normalized spacial score (nSPS) is 12.5. The van der Waals surface area contributed by atoms with E-state index in [1.54, 1.807) is 7.11 Å². The van der Waals surface area contributed by atoms with Gasteiger partial charge in [-0.1, -0.05) is 19.9 Å².